The van der Waals surface area contributed by atoms with E-state index >= 15 is 0 Å². The van der Waals surface area contributed by atoms with Crippen molar-refractivity contribution >= 4 is 46.4 Å². The molecule has 1 aromatic heterocycles. The number of H-pyrrole nitrogens is 1. The van der Waals surface area contributed by atoms with Crippen molar-refractivity contribution in [2.45, 2.75) is 18.3 Å². The van der Waals surface area contributed by atoms with Crippen molar-refractivity contribution in [3.05, 3.63) is 62.3 Å². The zero-order valence-corrected chi connectivity index (χ0v) is 16.6. The third kappa shape index (κ3) is 3.03. The van der Waals surface area contributed by atoms with Gasteiger partial charge in [-0.3, -0.25) is 19.1 Å². The van der Waals surface area contributed by atoms with E-state index in [1.54, 1.807) is 12.1 Å². The summed E-state index contributed by atoms with van der Waals surface area (Å²) in [5, 5.41) is 9.00. The Morgan fingerprint density at radius 2 is 1.90 bits per heavy atom. The number of hydrogen-bond acceptors (Lipinski definition) is 6. The summed E-state index contributed by atoms with van der Waals surface area (Å²) in [5.74, 6) is -1.14. The molecule has 2 aromatic carbocycles. The Morgan fingerprint density at radius 3 is 2.53 bits per heavy atom. The average Bonchev–Trinajstić information content (AvgIpc) is 3.32. The van der Waals surface area contributed by atoms with E-state index in [0.29, 0.717) is 5.75 Å². The van der Waals surface area contributed by atoms with E-state index in [2.05, 4.69) is 25.3 Å². The number of carbonyl (C=O) groups excluding carboxylic acids is 2. The fraction of sp³-hybridized carbons (Fsp3) is 0.158. The highest BCUT2D eigenvalue weighted by Gasteiger charge is 2.56. The van der Waals surface area contributed by atoms with Crippen LogP contribution in [0.3, 0.4) is 0 Å². The van der Waals surface area contributed by atoms with E-state index in [0.717, 1.165) is 24.1 Å². The lowest BCUT2D eigenvalue weighted by molar-refractivity contribution is -0.117. The standard InChI is InChI=1S/C19H12Cl2N4O5/c20-11-5-8(22-16(26)15-24-18(28)30-25-15)6-12(21)14(11)29-9-1-2-13-10(7-9)19(3-4-19)17(27)23-13/h1-2,5-7H,3-4H2,(H,22,26)(H,23,27)(H,24,25,28). The number of nitrogens with one attached hydrogen (secondary N) is 3. The van der Waals surface area contributed by atoms with E-state index in [1.165, 1.54) is 12.1 Å². The molecule has 3 aromatic rings. The minimum atomic E-state index is -0.848. The number of carbonyl (C=O) groups is 2. The molecule has 0 saturated heterocycles. The van der Waals surface area contributed by atoms with Gasteiger partial charge >= 0.3 is 5.76 Å². The second-order valence-electron chi connectivity index (χ2n) is 7.01. The predicted octanol–water partition coefficient (Wildman–Crippen LogP) is 3.70. The van der Waals surface area contributed by atoms with Crippen LogP contribution in [-0.2, 0) is 10.2 Å². The fourth-order valence-electron chi connectivity index (χ4n) is 3.44. The van der Waals surface area contributed by atoms with E-state index in [9.17, 15) is 14.4 Å². The molecule has 2 heterocycles. The molecule has 0 unspecified atom stereocenters. The molecule has 152 valence electrons. The van der Waals surface area contributed by atoms with Crippen LogP contribution in [0.15, 0.2) is 39.6 Å². The molecule has 1 saturated carbocycles. The summed E-state index contributed by atoms with van der Waals surface area (Å²) in [6.45, 7) is 0. The highest BCUT2D eigenvalue weighted by molar-refractivity contribution is 6.37. The van der Waals surface area contributed by atoms with Crippen LogP contribution in [0.5, 0.6) is 11.5 Å². The molecule has 5 rings (SSSR count). The molecule has 0 bridgehead atoms. The maximum absolute atomic E-state index is 12.2. The number of benzene rings is 2. The molecule has 3 N–H and O–H groups in total. The second-order valence-corrected chi connectivity index (χ2v) is 7.83. The van der Waals surface area contributed by atoms with Gasteiger partial charge in [-0.1, -0.05) is 23.2 Å². The fourth-order valence-corrected chi connectivity index (χ4v) is 4.01. The van der Waals surface area contributed by atoms with Crippen molar-refractivity contribution in [3.63, 3.8) is 0 Å². The van der Waals surface area contributed by atoms with Gasteiger partial charge in [0.2, 0.25) is 11.7 Å². The molecule has 30 heavy (non-hydrogen) atoms. The van der Waals surface area contributed by atoms with Crippen molar-refractivity contribution in [2.75, 3.05) is 10.6 Å². The first-order valence-electron chi connectivity index (χ1n) is 8.86. The van der Waals surface area contributed by atoms with Gasteiger partial charge < -0.3 is 15.4 Å². The molecule has 1 aliphatic heterocycles. The SMILES string of the molecule is O=C(Nc1cc(Cl)c(Oc2ccc3c(c2)C2(CC2)C(=O)N3)c(Cl)c1)c1noc(=O)[nH]1. The van der Waals surface area contributed by atoms with Gasteiger partial charge in [0.1, 0.15) is 5.75 Å². The third-order valence-electron chi connectivity index (χ3n) is 5.07. The minimum absolute atomic E-state index is 0.0132. The lowest BCUT2D eigenvalue weighted by Crippen LogP contribution is -2.18. The largest absolute Gasteiger partial charge is 0.454 e. The van der Waals surface area contributed by atoms with Crippen molar-refractivity contribution in [2.24, 2.45) is 0 Å². The smallest absolute Gasteiger partial charge is 0.439 e. The zero-order valence-electron chi connectivity index (χ0n) is 15.0. The van der Waals surface area contributed by atoms with Crippen molar-refractivity contribution in [1.29, 1.82) is 0 Å². The van der Waals surface area contributed by atoms with Gasteiger partial charge in [-0.2, -0.15) is 0 Å². The van der Waals surface area contributed by atoms with Crippen LogP contribution < -0.4 is 21.1 Å². The molecule has 1 fully saturated rings. The van der Waals surface area contributed by atoms with E-state index < -0.39 is 17.1 Å². The Kier molecular flexibility index (Phi) is 4.12. The van der Waals surface area contributed by atoms with Crippen LogP contribution in [0.2, 0.25) is 10.0 Å². The summed E-state index contributed by atoms with van der Waals surface area (Å²) in [7, 11) is 0. The van der Waals surface area contributed by atoms with Gasteiger partial charge in [0.25, 0.3) is 5.91 Å². The number of hydrogen-bond donors (Lipinski definition) is 3. The van der Waals surface area contributed by atoms with Gasteiger partial charge in [0, 0.05) is 11.4 Å². The average molecular weight is 447 g/mol. The zero-order chi connectivity index (χ0) is 21.0. The third-order valence-corrected chi connectivity index (χ3v) is 5.63. The topological polar surface area (TPSA) is 126 Å². The van der Waals surface area contributed by atoms with Gasteiger partial charge in [-0.05, 0) is 53.9 Å². The van der Waals surface area contributed by atoms with Gasteiger partial charge in [0.15, 0.2) is 5.75 Å². The van der Waals surface area contributed by atoms with Crippen LogP contribution >= 0.6 is 23.2 Å². The van der Waals surface area contributed by atoms with E-state index in [1.807, 2.05) is 6.07 Å². The van der Waals surface area contributed by atoms with Crippen molar-refractivity contribution in [3.8, 4) is 11.5 Å². The number of aromatic amines is 1. The molecule has 2 amide bonds. The lowest BCUT2D eigenvalue weighted by Gasteiger charge is -2.13. The Morgan fingerprint density at radius 1 is 1.17 bits per heavy atom. The van der Waals surface area contributed by atoms with Crippen LogP contribution in [-0.4, -0.2) is 22.0 Å². The maximum atomic E-state index is 12.2. The summed E-state index contributed by atoms with van der Waals surface area (Å²) in [5.41, 5.74) is 1.51. The van der Waals surface area contributed by atoms with E-state index in [4.69, 9.17) is 27.9 Å². The summed E-state index contributed by atoms with van der Waals surface area (Å²) < 4.78 is 10.2. The first-order chi connectivity index (χ1) is 14.4. The number of rotatable bonds is 4. The highest BCUT2D eigenvalue weighted by Crippen LogP contribution is 2.56. The number of fused-ring (bicyclic) bond motifs is 2. The van der Waals surface area contributed by atoms with Crippen molar-refractivity contribution < 1.29 is 18.8 Å². The van der Waals surface area contributed by atoms with Gasteiger partial charge in [-0.15, -0.1) is 0 Å². The number of nitrogens with zero attached hydrogens (tertiary/aromatic N) is 1. The minimum Gasteiger partial charge on any atom is -0.454 e. The van der Waals surface area contributed by atoms with Crippen LogP contribution in [0.25, 0.3) is 0 Å². The highest BCUT2D eigenvalue weighted by atomic mass is 35.5. The molecular weight excluding hydrogens is 435 g/mol. The summed E-state index contributed by atoms with van der Waals surface area (Å²) in [6, 6.07) is 8.19. The summed E-state index contributed by atoms with van der Waals surface area (Å²) >= 11 is 12.6. The molecule has 0 radical (unpaired) electrons. The number of anilines is 2. The molecule has 11 heteroatoms. The predicted molar refractivity (Wildman–Crippen MR) is 108 cm³/mol. The number of amides is 2. The van der Waals surface area contributed by atoms with E-state index in [-0.39, 0.29) is 33.2 Å². The Hall–Kier alpha value is -3.30. The lowest BCUT2D eigenvalue weighted by atomic mass is 9.98. The molecule has 0 atom stereocenters. The molecular formula is C19H12Cl2N4O5. The molecule has 1 aliphatic carbocycles. The molecule has 9 nitrogen and oxygen atoms in total. The normalized spacial score (nSPS) is 15.6. The second kappa shape index (κ2) is 6.61. The quantitative estimate of drug-likeness (QED) is 0.560. The Labute approximate surface area is 178 Å². The van der Waals surface area contributed by atoms with Crippen LogP contribution in [0.1, 0.15) is 29.0 Å². The first-order valence-corrected chi connectivity index (χ1v) is 9.61. The Balaban J connectivity index is 1.39. The van der Waals surface area contributed by atoms with Gasteiger partial charge in [-0.25, -0.2) is 4.79 Å². The Bertz CT molecular complexity index is 1250. The summed E-state index contributed by atoms with van der Waals surface area (Å²) in [6.07, 6.45) is 1.62. The van der Waals surface area contributed by atoms with Crippen LogP contribution in [0.4, 0.5) is 11.4 Å². The molecule has 2 aliphatic rings. The van der Waals surface area contributed by atoms with Crippen LogP contribution in [0, 0.1) is 0 Å². The van der Waals surface area contributed by atoms with Gasteiger partial charge in [0.05, 0.1) is 15.5 Å². The maximum Gasteiger partial charge on any atom is 0.439 e. The molecule has 1 spiro atoms. The summed E-state index contributed by atoms with van der Waals surface area (Å²) in [4.78, 5) is 37.3. The first kappa shape index (κ1) is 18.7. The van der Waals surface area contributed by atoms with Crippen molar-refractivity contribution in [1.82, 2.24) is 10.1 Å². The number of aromatic nitrogens is 2. The number of halogens is 2. The number of ether oxygens (including phenoxy) is 1. The monoisotopic (exact) mass is 446 g/mol.